The molecular weight excluding hydrogens is 294 g/mol. The molecule has 0 bridgehead atoms. The minimum Gasteiger partial charge on any atom is -0.320 e. The van der Waals surface area contributed by atoms with E-state index in [0.29, 0.717) is 18.8 Å². The van der Waals surface area contributed by atoms with Gasteiger partial charge in [-0.05, 0) is 24.1 Å². The van der Waals surface area contributed by atoms with Gasteiger partial charge in [-0.3, -0.25) is 10.1 Å². The van der Waals surface area contributed by atoms with Gasteiger partial charge in [-0.25, -0.2) is 4.79 Å². The van der Waals surface area contributed by atoms with Crippen LogP contribution in [0.15, 0.2) is 54.6 Å². The molecule has 2 aromatic carbocycles. The molecule has 0 saturated carbocycles. The van der Waals surface area contributed by atoms with E-state index in [0.717, 1.165) is 12.0 Å². The average molecular weight is 313 g/mol. The number of hydrogen-bond acceptors (Lipinski definition) is 3. The zero-order valence-electron chi connectivity index (χ0n) is 12.9. The van der Waals surface area contributed by atoms with Gasteiger partial charge in [-0.15, -0.1) is 0 Å². The van der Waals surface area contributed by atoms with Crippen LogP contribution in [0, 0.1) is 10.1 Å². The number of carbonyl (C=O) groups is 1. The molecule has 0 spiro atoms. The van der Waals surface area contributed by atoms with E-state index >= 15 is 0 Å². The van der Waals surface area contributed by atoms with E-state index in [1.165, 1.54) is 24.3 Å². The Bertz CT molecular complexity index is 657. The third-order valence-corrected chi connectivity index (χ3v) is 3.33. The summed E-state index contributed by atoms with van der Waals surface area (Å²) in [6.07, 6.45) is 0.848. The minimum atomic E-state index is -0.468. The van der Waals surface area contributed by atoms with E-state index in [4.69, 9.17) is 0 Å². The number of carbonyl (C=O) groups excluding carboxylic acids is 1. The predicted octanol–water partition coefficient (Wildman–Crippen LogP) is 4.04. The summed E-state index contributed by atoms with van der Waals surface area (Å²) in [5.74, 6) is 0. The molecule has 6 heteroatoms. The second-order valence-corrected chi connectivity index (χ2v) is 5.14. The standard InChI is InChI=1S/C17H19N3O3/c1-2-12-19(13-14-6-4-3-5-7-14)17(21)18-15-8-10-16(11-9-15)20(22)23/h3-11H,2,12-13H2,1H3,(H,18,21). The summed E-state index contributed by atoms with van der Waals surface area (Å²) in [5.41, 5.74) is 1.59. The van der Waals surface area contributed by atoms with E-state index in [9.17, 15) is 14.9 Å². The van der Waals surface area contributed by atoms with E-state index in [1.54, 1.807) is 4.90 Å². The van der Waals surface area contributed by atoms with Crippen LogP contribution in [0.25, 0.3) is 0 Å². The fourth-order valence-corrected chi connectivity index (χ4v) is 2.20. The van der Waals surface area contributed by atoms with Crippen molar-refractivity contribution in [1.82, 2.24) is 4.90 Å². The smallest absolute Gasteiger partial charge is 0.320 e. The lowest BCUT2D eigenvalue weighted by atomic mass is 10.2. The van der Waals surface area contributed by atoms with Gasteiger partial charge >= 0.3 is 6.03 Å². The van der Waals surface area contributed by atoms with Gasteiger partial charge in [0, 0.05) is 30.9 Å². The maximum Gasteiger partial charge on any atom is 0.322 e. The maximum atomic E-state index is 12.4. The predicted molar refractivity (Wildman–Crippen MR) is 89.3 cm³/mol. The van der Waals surface area contributed by atoms with Gasteiger partial charge < -0.3 is 10.2 Å². The first-order valence-electron chi connectivity index (χ1n) is 7.44. The van der Waals surface area contributed by atoms with Crippen LogP contribution in [0.3, 0.4) is 0 Å². The molecule has 0 unspecified atom stereocenters. The SMILES string of the molecule is CCCN(Cc1ccccc1)C(=O)Nc1ccc([N+](=O)[O-])cc1. The van der Waals surface area contributed by atoms with Gasteiger partial charge in [0.1, 0.15) is 0 Å². The highest BCUT2D eigenvalue weighted by atomic mass is 16.6. The lowest BCUT2D eigenvalue weighted by Crippen LogP contribution is -2.35. The van der Waals surface area contributed by atoms with Crippen LogP contribution in [0.2, 0.25) is 0 Å². The number of non-ortho nitro benzene ring substituents is 1. The van der Waals surface area contributed by atoms with Crippen molar-refractivity contribution >= 4 is 17.4 Å². The Labute approximate surface area is 134 Å². The Morgan fingerprint density at radius 1 is 1.13 bits per heavy atom. The number of nitrogens with one attached hydrogen (secondary N) is 1. The van der Waals surface area contributed by atoms with Crippen LogP contribution in [0.1, 0.15) is 18.9 Å². The van der Waals surface area contributed by atoms with Crippen LogP contribution in [0.4, 0.5) is 16.2 Å². The number of benzene rings is 2. The number of nitro benzene ring substituents is 1. The van der Waals surface area contributed by atoms with Crippen molar-refractivity contribution in [3.63, 3.8) is 0 Å². The molecule has 2 amide bonds. The zero-order valence-corrected chi connectivity index (χ0v) is 12.9. The van der Waals surface area contributed by atoms with Crippen molar-refractivity contribution < 1.29 is 9.72 Å². The first-order chi connectivity index (χ1) is 11.1. The lowest BCUT2D eigenvalue weighted by molar-refractivity contribution is -0.384. The second-order valence-electron chi connectivity index (χ2n) is 5.14. The molecule has 23 heavy (non-hydrogen) atoms. The second kappa shape index (κ2) is 7.93. The monoisotopic (exact) mass is 313 g/mol. The molecule has 0 aliphatic heterocycles. The van der Waals surface area contributed by atoms with Gasteiger partial charge in [0.25, 0.3) is 5.69 Å². The quantitative estimate of drug-likeness (QED) is 0.646. The summed E-state index contributed by atoms with van der Waals surface area (Å²) in [4.78, 5) is 24.3. The van der Waals surface area contributed by atoms with Crippen LogP contribution in [0.5, 0.6) is 0 Å². The highest BCUT2D eigenvalue weighted by Gasteiger charge is 2.14. The molecule has 2 rings (SSSR count). The fourth-order valence-electron chi connectivity index (χ4n) is 2.20. The highest BCUT2D eigenvalue weighted by Crippen LogP contribution is 2.16. The number of nitro groups is 1. The molecule has 1 N–H and O–H groups in total. The number of amides is 2. The van der Waals surface area contributed by atoms with Crippen molar-refractivity contribution in [3.8, 4) is 0 Å². The Hall–Kier alpha value is -2.89. The first kappa shape index (κ1) is 16.5. The molecule has 0 aliphatic rings. The van der Waals surface area contributed by atoms with Crippen molar-refractivity contribution in [2.75, 3.05) is 11.9 Å². The maximum absolute atomic E-state index is 12.4. The zero-order chi connectivity index (χ0) is 16.7. The van der Waals surface area contributed by atoms with Crippen molar-refractivity contribution in [2.45, 2.75) is 19.9 Å². The van der Waals surface area contributed by atoms with E-state index in [1.807, 2.05) is 37.3 Å². The van der Waals surface area contributed by atoms with Crippen LogP contribution >= 0.6 is 0 Å². The Kier molecular flexibility index (Phi) is 5.68. The molecule has 0 radical (unpaired) electrons. The first-order valence-corrected chi connectivity index (χ1v) is 7.44. The largest absolute Gasteiger partial charge is 0.322 e. The van der Waals surface area contributed by atoms with Crippen LogP contribution in [-0.4, -0.2) is 22.4 Å². The molecule has 0 saturated heterocycles. The number of hydrogen-bond donors (Lipinski definition) is 1. The van der Waals surface area contributed by atoms with Gasteiger partial charge in [-0.2, -0.15) is 0 Å². The van der Waals surface area contributed by atoms with Crippen LogP contribution < -0.4 is 5.32 Å². The van der Waals surface area contributed by atoms with E-state index < -0.39 is 4.92 Å². The summed E-state index contributed by atoms with van der Waals surface area (Å²) < 4.78 is 0. The number of rotatable bonds is 6. The molecule has 0 aromatic heterocycles. The summed E-state index contributed by atoms with van der Waals surface area (Å²) in [6.45, 7) is 3.17. The van der Waals surface area contributed by atoms with E-state index in [2.05, 4.69) is 5.32 Å². The van der Waals surface area contributed by atoms with Crippen molar-refractivity contribution in [1.29, 1.82) is 0 Å². The number of nitrogens with zero attached hydrogens (tertiary/aromatic N) is 2. The summed E-state index contributed by atoms with van der Waals surface area (Å²) in [7, 11) is 0. The fraction of sp³-hybridized carbons (Fsp3) is 0.235. The Morgan fingerprint density at radius 3 is 2.35 bits per heavy atom. The number of urea groups is 1. The lowest BCUT2D eigenvalue weighted by Gasteiger charge is -2.22. The van der Waals surface area contributed by atoms with Crippen molar-refractivity contribution in [3.05, 3.63) is 70.3 Å². The average Bonchev–Trinajstić information content (AvgIpc) is 2.56. The van der Waals surface area contributed by atoms with E-state index in [-0.39, 0.29) is 11.7 Å². The topological polar surface area (TPSA) is 75.5 Å². The molecule has 120 valence electrons. The molecule has 6 nitrogen and oxygen atoms in total. The Balaban J connectivity index is 2.04. The van der Waals surface area contributed by atoms with Gasteiger partial charge in [-0.1, -0.05) is 37.3 Å². The third kappa shape index (κ3) is 4.81. The summed E-state index contributed by atoms with van der Waals surface area (Å²) in [5, 5.41) is 13.4. The molecule has 0 aliphatic carbocycles. The Morgan fingerprint density at radius 2 is 1.78 bits per heavy atom. The summed E-state index contributed by atoms with van der Waals surface area (Å²) >= 11 is 0. The normalized spacial score (nSPS) is 10.1. The molecule has 0 heterocycles. The minimum absolute atomic E-state index is 0.00213. The van der Waals surface area contributed by atoms with Crippen molar-refractivity contribution in [2.24, 2.45) is 0 Å². The number of anilines is 1. The molecule has 2 aromatic rings. The van der Waals surface area contributed by atoms with Crippen LogP contribution in [-0.2, 0) is 6.54 Å². The van der Waals surface area contributed by atoms with Gasteiger partial charge in [0.05, 0.1) is 4.92 Å². The highest BCUT2D eigenvalue weighted by molar-refractivity contribution is 5.89. The summed E-state index contributed by atoms with van der Waals surface area (Å²) in [6, 6.07) is 15.3. The molecule has 0 atom stereocenters. The van der Waals surface area contributed by atoms with Gasteiger partial charge in [0.2, 0.25) is 0 Å². The molecular formula is C17H19N3O3. The molecule has 0 fully saturated rings. The van der Waals surface area contributed by atoms with Gasteiger partial charge in [0.15, 0.2) is 0 Å². The third-order valence-electron chi connectivity index (χ3n) is 3.33.